The first-order valence-electron chi connectivity index (χ1n) is 4.15. The predicted molar refractivity (Wildman–Crippen MR) is 59.3 cm³/mol. The van der Waals surface area contributed by atoms with E-state index in [1.807, 2.05) is 17.5 Å². The van der Waals surface area contributed by atoms with Gasteiger partial charge in [0.25, 0.3) is 5.56 Å². The third-order valence-electron chi connectivity index (χ3n) is 1.62. The van der Waals surface area contributed by atoms with Crippen molar-refractivity contribution in [2.75, 3.05) is 0 Å². The molecule has 6 heteroatoms. The number of aliphatic imine (C=N–C) groups is 1. The summed E-state index contributed by atoms with van der Waals surface area (Å²) in [6.07, 6.45) is 1.59. The lowest BCUT2D eigenvalue weighted by molar-refractivity contribution is 1.03. The largest absolute Gasteiger partial charge is 0.327 e. The summed E-state index contributed by atoms with van der Waals surface area (Å²) in [4.78, 5) is 31.2. The first-order chi connectivity index (χ1) is 7.24. The maximum atomic E-state index is 10.9. The van der Waals surface area contributed by atoms with Crippen LogP contribution >= 0.6 is 11.3 Å². The van der Waals surface area contributed by atoms with E-state index in [4.69, 9.17) is 0 Å². The van der Waals surface area contributed by atoms with Crippen LogP contribution in [0.5, 0.6) is 0 Å². The number of hydrogen-bond acceptors (Lipinski definition) is 4. The summed E-state index contributed by atoms with van der Waals surface area (Å²) in [5, 5.41) is 1.92. The molecule has 0 amide bonds. The fourth-order valence-electron chi connectivity index (χ4n) is 1.02. The van der Waals surface area contributed by atoms with Crippen LogP contribution in [0.15, 0.2) is 38.2 Å². The first-order valence-corrected chi connectivity index (χ1v) is 5.03. The summed E-state index contributed by atoms with van der Waals surface area (Å²) in [6, 6.07) is 5.01. The Morgan fingerprint density at radius 3 is 2.87 bits per heavy atom. The van der Waals surface area contributed by atoms with Gasteiger partial charge in [-0.15, -0.1) is 11.3 Å². The number of thiophene rings is 1. The van der Waals surface area contributed by atoms with Crippen LogP contribution in [-0.4, -0.2) is 16.2 Å². The lowest BCUT2D eigenvalue weighted by Gasteiger charge is -1.90. The van der Waals surface area contributed by atoms with E-state index in [0.29, 0.717) is 0 Å². The van der Waals surface area contributed by atoms with Gasteiger partial charge in [0.2, 0.25) is 0 Å². The van der Waals surface area contributed by atoms with Crippen LogP contribution in [0.2, 0.25) is 0 Å². The van der Waals surface area contributed by atoms with E-state index in [0.717, 1.165) is 4.88 Å². The molecule has 0 fully saturated rings. The predicted octanol–water partition coefficient (Wildman–Crippen LogP) is 0.875. The highest BCUT2D eigenvalue weighted by Gasteiger charge is 1.93. The lowest BCUT2D eigenvalue weighted by Crippen LogP contribution is -2.20. The summed E-state index contributed by atoms with van der Waals surface area (Å²) in [5.41, 5.74) is -1.02. The van der Waals surface area contributed by atoms with Crippen molar-refractivity contribution < 1.29 is 0 Å². The Hall–Kier alpha value is -1.95. The Balaban J connectivity index is 2.32. The van der Waals surface area contributed by atoms with Crippen molar-refractivity contribution in [2.45, 2.75) is 0 Å². The zero-order chi connectivity index (χ0) is 10.7. The molecular formula is C9H7N3O2S. The molecule has 2 heterocycles. The molecule has 2 aromatic rings. The minimum atomic E-state index is -0.555. The van der Waals surface area contributed by atoms with Crippen LogP contribution in [-0.2, 0) is 0 Å². The van der Waals surface area contributed by atoms with Crippen molar-refractivity contribution in [3.63, 3.8) is 0 Å². The molecule has 0 saturated heterocycles. The van der Waals surface area contributed by atoms with Crippen molar-refractivity contribution in [3.05, 3.63) is 49.3 Å². The SMILES string of the molecule is O=c1cc(N=Cc2cccs2)[nH]c(=O)[nH]1. The van der Waals surface area contributed by atoms with E-state index in [-0.39, 0.29) is 5.82 Å². The number of aromatic nitrogens is 2. The van der Waals surface area contributed by atoms with Crippen LogP contribution in [0, 0.1) is 0 Å². The van der Waals surface area contributed by atoms with Crippen molar-refractivity contribution in [1.82, 2.24) is 9.97 Å². The number of rotatable bonds is 2. The zero-order valence-electron chi connectivity index (χ0n) is 7.56. The van der Waals surface area contributed by atoms with E-state index in [9.17, 15) is 9.59 Å². The van der Waals surface area contributed by atoms with Gasteiger partial charge in [-0.05, 0) is 11.4 Å². The number of nitrogens with one attached hydrogen (secondary N) is 2. The highest BCUT2D eigenvalue weighted by Crippen LogP contribution is 2.07. The fourth-order valence-corrected chi connectivity index (χ4v) is 1.61. The minimum Gasteiger partial charge on any atom is -0.292 e. The van der Waals surface area contributed by atoms with Gasteiger partial charge < -0.3 is 0 Å². The summed E-state index contributed by atoms with van der Waals surface area (Å²) >= 11 is 1.52. The monoisotopic (exact) mass is 221 g/mol. The van der Waals surface area contributed by atoms with Crippen molar-refractivity contribution >= 4 is 23.4 Å². The van der Waals surface area contributed by atoms with Gasteiger partial charge >= 0.3 is 5.69 Å². The van der Waals surface area contributed by atoms with Gasteiger partial charge in [0, 0.05) is 17.2 Å². The van der Waals surface area contributed by atoms with Crippen LogP contribution < -0.4 is 11.2 Å². The third-order valence-corrected chi connectivity index (χ3v) is 2.43. The summed E-state index contributed by atoms with van der Waals surface area (Å²) in [5.74, 6) is 0.247. The molecule has 0 aliphatic rings. The summed E-state index contributed by atoms with van der Waals surface area (Å²) < 4.78 is 0. The lowest BCUT2D eigenvalue weighted by atomic mass is 10.5. The van der Waals surface area contributed by atoms with Gasteiger partial charge in [-0.25, -0.2) is 9.79 Å². The molecular weight excluding hydrogens is 214 g/mol. The normalized spacial score (nSPS) is 10.9. The van der Waals surface area contributed by atoms with Gasteiger partial charge in [0.1, 0.15) is 5.82 Å². The topological polar surface area (TPSA) is 78.1 Å². The zero-order valence-corrected chi connectivity index (χ0v) is 8.38. The molecule has 0 bridgehead atoms. The molecule has 0 unspecified atom stereocenters. The second-order valence-electron chi connectivity index (χ2n) is 2.75. The highest BCUT2D eigenvalue weighted by atomic mass is 32.1. The molecule has 76 valence electrons. The van der Waals surface area contributed by atoms with Crippen molar-refractivity contribution in [2.24, 2.45) is 4.99 Å². The van der Waals surface area contributed by atoms with Gasteiger partial charge in [-0.1, -0.05) is 6.07 Å². The second-order valence-corrected chi connectivity index (χ2v) is 3.73. The van der Waals surface area contributed by atoms with Gasteiger partial charge in [-0.3, -0.25) is 14.8 Å². The minimum absolute atomic E-state index is 0.247. The molecule has 0 spiro atoms. The molecule has 0 atom stereocenters. The number of aromatic amines is 2. The molecule has 0 saturated carbocycles. The number of nitrogens with zero attached hydrogens (tertiary/aromatic N) is 1. The third kappa shape index (κ3) is 2.50. The van der Waals surface area contributed by atoms with E-state index in [1.165, 1.54) is 17.4 Å². The molecule has 2 aromatic heterocycles. The van der Waals surface area contributed by atoms with Crippen LogP contribution in [0.4, 0.5) is 5.82 Å². The molecule has 5 nitrogen and oxygen atoms in total. The van der Waals surface area contributed by atoms with E-state index < -0.39 is 11.2 Å². The van der Waals surface area contributed by atoms with Crippen LogP contribution in [0.1, 0.15) is 4.88 Å². The molecule has 15 heavy (non-hydrogen) atoms. The van der Waals surface area contributed by atoms with Crippen LogP contribution in [0.3, 0.4) is 0 Å². The Bertz CT molecular complexity index is 552. The molecule has 0 aliphatic carbocycles. The summed E-state index contributed by atoms with van der Waals surface area (Å²) in [7, 11) is 0. The Kier molecular flexibility index (Phi) is 2.59. The average molecular weight is 221 g/mol. The summed E-state index contributed by atoms with van der Waals surface area (Å²) in [6.45, 7) is 0. The maximum Gasteiger partial charge on any atom is 0.327 e. The Morgan fingerprint density at radius 1 is 1.33 bits per heavy atom. The number of hydrogen-bond donors (Lipinski definition) is 2. The molecule has 2 N–H and O–H groups in total. The van der Waals surface area contributed by atoms with Gasteiger partial charge in [0.15, 0.2) is 0 Å². The van der Waals surface area contributed by atoms with Gasteiger partial charge in [-0.2, -0.15) is 0 Å². The standard InChI is InChI=1S/C9H7N3O2S/c13-8-4-7(11-9(14)12-8)10-5-6-2-1-3-15-6/h1-5H,(H2,11,12,13,14). The van der Waals surface area contributed by atoms with Crippen molar-refractivity contribution in [1.29, 1.82) is 0 Å². The molecule has 0 aliphatic heterocycles. The van der Waals surface area contributed by atoms with E-state index >= 15 is 0 Å². The Labute approximate surface area is 88.2 Å². The molecule has 0 radical (unpaired) electrons. The molecule has 0 aromatic carbocycles. The van der Waals surface area contributed by atoms with E-state index in [2.05, 4.69) is 15.0 Å². The van der Waals surface area contributed by atoms with Crippen LogP contribution in [0.25, 0.3) is 0 Å². The second kappa shape index (κ2) is 4.05. The smallest absolute Gasteiger partial charge is 0.292 e. The number of H-pyrrole nitrogens is 2. The van der Waals surface area contributed by atoms with E-state index in [1.54, 1.807) is 6.21 Å². The maximum absolute atomic E-state index is 10.9. The molecule has 2 rings (SSSR count). The van der Waals surface area contributed by atoms with Crippen molar-refractivity contribution in [3.8, 4) is 0 Å². The average Bonchev–Trinajstić information content (AvgIpc) is 2.65. The Morgan fingerprint density at radius 2 is 2.20 bits per heavy atom. The fraction of sp³-hybridized carbons (Fsp3) is 0. The first kappa shape index (κ1) is 9.60. The van der Waals surface area contributed by atoms with Gasteiger partial charge in [0.05, 0.1) is 0 Å². The highest BCUT2D eigenvalue weighted by molar-refractivity contribution is 7.11. The quantitative estimate of drug-likeness (QED) is 0.738.